The number of nitrogens with zero attached hydrogens (tertiary/aromatic N) is 2. The third kappa shape index (κ3) is 3.91. The van der Waals surface area contributed by atoms with E-state index >= 15 is 0 Å². The molecule has 0 atom stereocenters. The van der Waals surface area contributed by atoms with Crippen LogP contribution in [-0.4, -0.2) is 22.7 Å². The largest absolute Gasteiger partial charge is 0.339 e. The van der Waals surface area contributed by atoms with Gasteiger partial charge < -0.3 is 5.32 Å². The van der Waals surface area contributed by atoms with Gasteiger partial charge in [-0.15, -0.1) is 11.8 Å². The van der Waals surface area contributed by atoms with Gasteiger partial charge in [0.1, 0.15) is 6.54 Å². The minimum absolute atomic E-state index is 0.0216. The fraction of sp³-hybridized carbons (Fsp3) is 0.364. The fourth-order valence-electron chi connectivity index (χ4n) is 1.08. The van der Waals surface area contributed by atoms with Gasteiger partial charge in [0.25, 0.3) is 5.91 Å². The molecule has 0 fully saturated rings. The third-order valence-corrected chi connectivity index (χ3v) is 2.62. The second-order valence-electron chi connectivity index (χ2n) is 3.39. The van der Waals surface area contributed by atoms with Crippen LogP contribution in [0.5, 0.6) is 0 Å². The highest BCUT2D eigenvalue weighted by Gasteiger charge is 2.07. The first-order chi connectivity index (χ1) is 7.63. The Balaban J connectivity index is 2.74. The highest BCUT2D eigenvalue weighted by molar-refractivity contribution is 7.99. The predicted octanol–water partition coefficient (Wildman–Crippen LogP) is 1.84. The van der Waals surface area contributed by atoms with Crippen molar-refractivity contribution in [1.82, 2.24) is 10.3 Å². The molecule has 1 aromatic rings. The van der Waals surface area contributed by atoms with Crippen molar-refractivity contribution in [2.45, 2.75) is 24.1 Å². The van der Waals surface area contributed by atoms with E-state index < -0.39 is 0 Å². The van der Waals surface area contributed by atoms with Crippen molar-refractivity contribution in [1.29, 1.82) is 5.26 Å². The number of nitriles is 1. The molecule has 1 heterocycles. The molecule has 1 aromatic heterocycles. The lowest BCUT2D eigenvalue weighted by Gasteiger charge is -2.05. The molecule has 5 heteroatoms. The summed E-state index contributed by atoms with van der Waals surface area (Å²) < 4.78 is 0. The number of hydrogen-bond acceptors (Lipinski definition) is 4. The van der Waals surface area contributed by atoms with Crippen LogP contribution in [0.15, 0.2) is 23.4 Å². The molecule has 1 rings (SSSR count). The molecule has 0 spiro atoms. The normalized spacial score (nSPS) is 9.88. The number of aromatic nitrogens is 1. The maximum Gasteiger partial charge on any atom is 0.252 e. The second-order valence-corrected chi connectivity index (χ2v) is 4.99. The summed E-state index contributed by atoms with van der Waals surface area (Å²) in [5, 5.41) is 12.1. The van der Waals surface area contributed by atoms with Crippen molar-refractivity contribution >= 4 is 17.7 Å². The van der Waals surface area contributed by atoms with E-state index in [-0.39, 0.29) is 12.5 Å². The van der Waals surface area contributed by atoms with Crippen LogP contribution in [0.4, 0.5) is 0 Å². The Bertz CT molecular complexity index is 412. The van der Waals surface area contributed by atoms with Crippen LogP contribution in [0.1, 0.15) is 24.2 Å². The standard InChI is InChI=1S/C11H13N3OS/c1-8(2)16-10-7-9(3-5-13-10)11(15)14-6-4-12/h3,5,7-8H,6H2,1-2H3,(H,14,15). The number of rotatable bonds is 4. The van der Waals surface area contributed by atoms with Crippen molar-refractivity contribution in [3.05, 3.63) is 23.9 Å². The monoisotopic (exact) mass is 235 g/mol. The molecule has 16 heavy (non-hydrogen) atoms. The van der Waals surface area contributed by atoms with Crippen molar-refractivity contribution < 1.29 is 4.79 Å². The lowest BCUT2D eigenvalue weighted by molar-refractivity contribution is 0.0958. The maximum atomic E-state index is 11.5. The molecular weight excluding hydrogens is 222 g/mol. The van der Waals surface area contributed by atoms with Crippen molar-refractivity contribution in [2.75, 3.05) is 6.54 Å². The van der Waals surface area contributed by atoms with Crippen LogP contribution >= 0.6 is 11.8 Å². The summed E-state index contributed by atoms with van der Waals surface area (Å²) in [6, 6.07) is 5.23. The number of pyridine rings is 1. The molecule has 0 aliphatic rings. The van der Waals surface area contributed by atoms with Gasteiger partial charge in [0, 0.05) is 17.0 Å². The first-order valence-electron chi connectivity index (χ1n) is 4.91. The summed E-state index contributed by atoms with van der Waals surface area (Å²) in [7, 11) is 0. The number of thioether (sulfide) groups is 1. The van der Waals surface area contributed by atoms with Gasteiger partial charge in [-0.05, 0) is 12.1 Å². The molecule has 0 saturated heterocycles. The van der Waals surface area contributed by atoms with E-state index in [1.165, 1.54) is 0 Å². The first kappa shape index (κ1) is 12.5. The highest BCUT2D eigenvalue weighted by Crippen LogP contribution is 2.20. The minimum Gasteiger partial charge on any atom is -0.339 e. The van der Waals surface area contributed by atoms with Crippen LogP contribution in [0.3, 0.4) is 0 Å². The zero-order chi connectivity index (χ0) is 12.0. The Morgan fingerprint density at radius 3 is 3.06 bits per heavy atom. The van der Waals surface area contributed by atoms with E-state index in [0.717, 1.165) is 5.03 Å². The van der Waals surface area contributed by atoms with Gasteiger partial charge in [0.15, 0.2) is 0 Å². The van der Waals surface area contributed by atoms with Crippen molar-refractivity contribution in [3.63, 3.8) is 0 Å². The summed E-state index contributed by atoms with van der Waals surface area (Å²) in [5.41, 5.74) is 0.536. The highest BCUT2D eigenvalue weighted by atomic mass is 32.2. The molecule has 0 aliphatic heterocycles. The Hall–Kier alpha value is -1.54. The summed E-state index contributed by atoms with van der Waals surface area (Å²) >= 11 is 1.60. The number of carbonyl (C=O) groups excluding carboxylic acids is 1. The quantitative estimate of drug-likeness (QED) is 0.638. The lowest BCUT2D eigenvalue weighted by atomic mass is 10.2. The van der Waals surface area contributed by atoms with Gasteiger partial charge in [-0.1, -0.05) is 13.8 Å². The van der Waals surface area contributed by atoms with E-state index in [0.29, 0.717) is 10.8 Å². The Kier molecular flexibility index (Phi) is 4.80. The van der Waals surface area contributed by atoms with E-state index in [9.17, 15) is 4.79 Å². The fourth-order valence-corrected chi connectivity index (χ4v) is 1.88. The van der Waals surface area contributed by atoms with Gasteiger partial charge in [-0.2, -0.15) is 5.26 Å². The van der Waals surface area contributed by atoms with E-state index in [4.69, 9.17) is 5.26 Å². The Morgan fingerprint density at radius 1 is 1.69 bits per heavy atom. The van der Waals surface area contributed by atoms with E-state index in [1.807, 2.05) is 6.07 Å². The predicted molar refractivity (Wildman–Crippen MR) is 63.2 cm³/mol. The number of hydrogen-bond donors (Lipinski definition) is 1. The Labute approximate surface area is 99.1 Å². The molecule has 1 amide bonds. The lowest BCUT2D eigenvalue weighted by Crippen LogP contribution is -2.23. The third-order valence-electron chi connectivity index (χ3n) is 1.68. The van der Waals surface area contributed by atoms with Crippen LogP contribution in [0.2, 0.25) is 0 Å². The topological polar surface area (TPSA) is 65.8 Å². The van der Waals surface area contributed by atoms with E-state index in [2.05, 4.69) is 24.1 Å². The average molecular weight is 235 g/mol. The summed E-state index contributed by atoms with van der Waals surface area (Å²) in [6.45, 7) is 4.15. The number of carbonyl (C=O) groups is 1. The zero-order valence-electron chi connectivity index (χ0n) is 9.23. The molecule has 0 aliphatic carbocycles. The molecule has 0 aromatic carbocycles. The average Bonchev–Trinajstić information content (AvgIpc) is 2.25. The summed E-state index contributed by atoms with van der Waals surface area (Å²) in [5.74, 6) is -0.241. The summed E-state index contributed by atoms with van der Waals surface area (Å²) in [4.78, 5) is 15.7. The number of amides is 1. The van der Waals surface area contributed by atoms with Crippen LogP contribution < -0.4 is 5.32 Å². The molecule has 0 radical (unpaired) electrons. The summed E-state index contributed by atoms with van der Waals surface area (Å²) in [6.07, 6.45) is 1.60. The van der Waals surface area contributed by atoms with E-state index in [1.54, 1.807) is 30.1 Å². The molecule has 0 saturated carbocycles. The van der Waals surface area contributed by atoms with Crippen LogP contribution in [0, 0.1) is 11.3 Å². The zero-order valence-corrected chi connectivity index (χ0v) is 10.0. The molecule has 4 nitrogen and oxygen atoms in total. The van der Waals surface area contributed by atoms with Crippen LogP contribution in [-0.2, 0) is 0 Å². The number of nitrogens with one attached hydrogen (secondary N) is 1. The van der Waals surface area contributed by atoms with Gasteiger partial charge in [0.2, 0.25) is 0 Å². The van der Waals surface area contributed by atoms with Gasteiger partial charge in [-0.25, -0.2) is 4.98 Å². The first-order valence-corrected chi connectivity index (χ1v) is 5.79. The molecule has 84 valence electrons. The van der Waals surface area contributed by atoms with Crippen molar-refractivity contribution in [3.8, 4) is 6.07 Å². The smallest absolute Gasteiger partial charge is 0.252 e. The van der Waals surface area contributed by atoms with Crippen LogP contribution in [0.25, 0.3) is 0 Å². The second kappa shape index (κ2) is 6.13. The van der Waals surface area contributed by atoms with Crippen molar-refractivity contribution in [2.24, 2.45) is 0 Å². The van der Waals surface area contributed by atoms with Gasteiger partial charge >= 0.3 is 0 Å². The van der Waals surface area contributed by atoms with Gasteiger partial charge in [-0.3, -0.25) is 4.79 Å². The molecule has 0 bridgehead atoms. The molecule has 0 unspecified atom stereocenters. The molecule has 1 N–H and O–H groups in total. The molecular formula is C11H13N3OS. The minimum atomic E-state index is -0.241. The SMILES string of the molecule is CC(C)Sc1cc(C(=O)NCC#N)ccn1. The maximum absolute atomic E-state index is 11.5. The Morgan fingerprint density at radius 2 is 2.44 bits per heavy atom. The van der Waals surface area contributed by atoms with Gasteiger partial charge in [0.05, 0.1) is 11.1 Å².